The molecule has 92 valence electrons. The fraction of sp³-hybridized carbons (Fsp3) is 0.500. The van der Waals surface area contributed by atoms with Crippen molar-refractivity contribution in [1.29, 1.82) is 0 Å². The fourth-order valence-electron chi connectivity index (χ4n) is 2.35. The number of ether oxygens (including phenoxy) is 1. The number of carbonyl (C=O) groups is 1. The minimum Gasteiger partial charge on any atom is -0.504 e. The van der Waals surface area contributed by atoms with Gasteiger partial charge in [-0.3, -0.25) is 4.79 Å². The Morgan fingerprint density at radius 1 is 1.47 bits per heavy atom. The fourth-order valence-corrected chi connectivity index (χ4v) is 2.35. The van der Waals surface area contributed by atoms with Gasteiger partial charge in [0.1, 0.15) is 6.29 Å². The smallest absolute Gasteiger partial charge is 0.162 e. The number of phenolic OH excluding ortho intramolecular Hbond substituents is 1. The Bertz CT molecular complexity index is 423. The van der Waals surface area contributed by atoms with Gasteiger partial charge in [0.05, 0.1) is 6.10 Å². The first-order valence-electron chi connectivity index (χ1n) is 5.95. The van der Waals surface area contributed by atoms with Crippen molar-refractivity contribution in [3.8, 4) is 11.5 Å². The second kappa shape index (κ2) is 4.40. The molecule has 1 aliphatic rings. The van der Waals surface area contributed by atoms with Crippen LogP contribution in [-0.4, -0.2) is 17.5 Å². The summed E-state index contributed by atoms with van der Waals surface area (Å²) in [5, 5.41) is 9.68. The second-order valence-electron chi connectivity index (χ2n) is 5.49. The molecule has 0 aromatic heterocycles. The molecule has 3 heteroatoms. The molecule has 0 radical (unpaired) electrons. The quantitative estimate of drug-likeness (QED) is 0.817. The van der Waals surface area contributed by atoms with Crippen LogP contribution < -0.4 is 4.74 Å². The summed E-state index contributed by atoms with van der Waals surface area (Å²) in [5.74, 6) is 0.512. The summed E-state index contributed by atoms with van der Waals surface area (Å²) in [6.45, 7) is 4.44. The van der Waals surface area contributed by atoms with Crippen molar-refractivity contribution in [3.05, 3.63) is 23.8 Å². The van der Waals surface area contributed by atoms with Crippen LogP contribution in [0.15, 0.2) is 18.2 Å². The Morgan fingerprint density at radius 3 is 2.82 bits per heavy atom. The van der Waals surface area contributed by atoms with Crippen LogP contribution in [0.25, 0.3) is 0 Å². The van der Waals surface area contributed by atoms with Crippen LogP contribution in [0.4, 0.5) is 0 Å². The highest BCUT2D eigenvalue weighted by Gasteiger charge is 2.32. The first kappa shape index (κ1) is 12.0. The van der Waals surface area contributed by atoms with E-state index in [9.17, 15) is 9.90 Å². The Hall–Kier alpha value is -1.51. The van der Waals surface area contributed by atoms with Crippen molar-refractivity contribution in [1.82, 2.24) is 0 Å². The third-order valence-electron chi connectivity index (χ3n) is 3.34. The Labute approximate surface area is 101 Å². The van der Waals surface area contributed by atoms with Gasteiger partial charge in [0.15, 0.2) is 11.5 Å². The summed E-state index contributed by atoms with van der Waals surface area (Å²) in [6, 6.07) is 4.67. The normalized spacial score (nSPS) is 22.4. The lowest BCUT2D eigenvalue weighted by molar-refractivity contribution is 0.112. The average molecular weight is 234 g/mol. The van der Waals surface area contributed by atoms with Gasteiger partial charge in [0.25, 0.3) is 0 Å². The predicted octanol–water partition coefficient (Wildman–Crippen LogP) is 3.16. The SMILES string of the molecule is CC1(C)CCC(Oc2cc(C=O)ccc2O)C1. The highest BCUT2D eigenvalue weighted by molar-refractivity contribution is 5.76. The lowest BCUT2D eigenvalue weighted by Gasteiger charge is -2.18. The Balaban J connectivity index is 2.11. The lowest BCUT2D eigenvalue weighted by atomic mass is 9.92. The second-order valence-corrected chi connectivity index (χ2v) is 5.49. The predicted molar refractivity (Wildman–Crippen MR) is 65.5 cm³/mol. The zero-order valence-corrected chi connectivity index (χ0v) is 10.3. The van der Waals surface area contributed by atoms with Crippen molar-refractivity contribution >= 4 is 6.29 Å². The maximum Gasteiger partial charge on any atom is 0.162 e. The molecule has 1 atom stereocenters. The monoisotopic (exact) mass is 234 g/mol. The van der Waals surface area contributed by atoms with Crippen LogP contribution in [0.5, 0.6) is 11.5 Å². The van der Waals surface area contributed by atoms with E-state index < -0.39 is 0 Å². The van der Waals surface area contributed by atoms with Gasteiger partial charge in [-0.15, -0.1) is 0 Å². The number of benzene rings is 1. The summed E-state index contributed by atoms with van der Waals surface area (Å²) in [4.78, 5) is 10.7. The van der Waals surface area contributed by atoms with E-state index in [1.807, 2.05) is 0 Å². The van der Waals surface area contributed by atoms with Gasteiger partial charge >= 0.3 is 0 Å². The van der Waals surface area contributed by atoms with Crippen LogP contribution in [0.1, 0.15) is 43.5 Å². The van der Waals surface area contributed by atoms with Crippen LogP contribution in [0, 0.1) is 5.41 Å². The van der Waals surface area contributed by atoms with E-state index in [-0.39, 0.29) is 11.9 Å². The van der Waals surface area contributed by atoms with Crippen molar-refractivity contribution < 1.29 is 14.6 Å². The minimum atomic E-state index is 0.0975. The average Bonchev–Trinajstić information content (AvgIpc) is 2.61. The molecule has 0 bridgehead atoms. The maximum absolute atomic E-state index is 10.7. The van der Waals surface area contributed by atoms with Crippen molar-refractivity contribution in [2.45, 2.75) is 39.2 Å². The summed E-state index contributed by atoms with van der Waals surface area (Å²) < 4.78 is 5.78. The maximum atomic E-state index is 10.7. The van der Waals surface area contributed by atoms with Gasteiger partial charge in [-0.1, -0.05) is 13.8 Å². The molecule has 1 fully saturated rings. The highest BCUT2D eigenvalue weighted by Crippen LogP contribution is 2.40. The molecule has 1 saturated carbocycles. The molecule has 0 aliphatic heterocycles. The highest BCUT2D eigenvalue weighted by atomic mass is 16.5. The van der Waals surface area contributed by atoms with E-state index >= 15 is 0 Å². The molecular formula is C14H18O3. The van der Waals surface area contributed by atoms with Crippen LogP contribution >= 0.6 is 0 Å². The van der Waals surface area contributed by atoms with Gasteiger partial charge in [-0.05, 0) is 42.9 Å². The van der Waals surface area contributed by atoms with Crippen LogP contribution in [0.3, 0.4) is 0 Å². The largest absolute Gasteiger partial charge is 0.504 e. The summed E-state index contributed by atoms with van der Waals surface area (Å²) >= 11 is 0. The number of rotatable bonds is 3. The van der Waals surface area contributed by atoms with Gasteiger partial charge in [0.2, 0.25) is 0 Å². The van der Waals surface area contributed by atoms with Gasteiger partial charge < -0.3 is 9.84 Å². The minimum absolute atomic E-state index is 0.0975. The van der Waals surface area contributed by atoms with E-state index in [2.05, 4.69) is 13.8 Å². The van der Waals surface area contributed by atoms with Crippen LogP contribution in [0.2, 0.25) is 0 Å². The zero-order valence-electron chi connectivity index (χ0n) is 10.3. The first-order valence-corrected chi connectivity index (χ1v) is 5.95. The molecule has 1 N–H and O–H groups in total. The van der Waals surface area contributed by atoms with Crippen molar-refractivity contribution in [3.63, 3.8) is 0 Å². The summed E-state index contributed by atoms with van der Waals surface area (Å²) in [6.07, 6.45) is 4.00. The standard InChI is InChI=1S/C14H18O3/c1-14(2)6-5-11(8-14)17-13-7-10(9-15)3-4-12(13)16/h3-4,7,9,11,16H,5-6,8H2,1-2H3. The number of hydrogen-bond acceptors (Lipinski definition) is 3. The molecular weight excluding hydrogens is 216 g/mol. The molecule has 0 spiro atoms. The molecule has 3 nitrogen and oxygen atoms in total. The topological polar surface area (TPSA) is 46.5 Å². The Kier molecular flexibility index (Phi) is 3.09. The zero-order chi connectivity index (χ0) is 12.5. The molecule has 1 aliphatic carbocycles. The van der Waals surface area contributed by atoms with Gasteiger partial charge in [-0.25, -0.2) is 0 Å². The van der Waals surface area contributed by atoms with Gasteiger partial charge in [0, 0.05) is 5.56 Å². The van der Waals surface area contributed by atoms with E-state index in [4.69, 9.17) is 4.74 Å². The number of aromatic hydroxyl groups is 1. The van der Waals surface area contributed by atoms with E-state index in [1.165, 1.54) is 6.07 Å². The third kappa shape index (κ3) is 2.78. The number of phenols is 1. The summed E-state index contributed by atoms with van der Waals surface area (Å²) in [5.41, 5.74) is 0.831. The number of carbonyl (C=O) groups excluding carboxylic acids is 1. The van der Waals surface area contributed by atoms with Crippen LogP contribution in [-0.2, 0) is 0 Å². The summed E-state index contributed by atoms with van der Waals surface area (Å²) in [7, 11) is 0. The third-order valence-corrected chi connectivity index (χ3v) is 3.34. The molecule has 1 unspecified atom stereocenters. The van der Waals surface area contributed by atoms with E-state index in [0.29, 0.717) is 16.7 Å². The Morgan fingerprint density at radius 2 is 2.24 bits per heavy atom. The lowest BCUT2D eigenvalue weighted by Crippen LogP contribution is -2.14. The molecule has 0 amide bonds. The van der Waals surface area contributed by atoms with Gasteiger partial charge in [-0.2, -0.15) is 0 Å². The van der Waals surface area contributed by atoms with Crippen molar-refractivity contribution in [2.75, 3.05) is 0 Å². The molecule has 2 rings (SSSR count). The molecule has 0 heterocycles. The van der Waals surface area contributed by atoms with Crippen molar-refractivity contribution in [2.24, 2.45) is 5.41 Å². The molecule has 0 saturated heterocycles. The molecule has 1 aromatic rings. The number of hydrogen-bond donors (Lipinski definition) is 1. The molecule has 1 aromatic carbocycles. The number of aldehydes is 1. The van der Waals surface area contributed by atoms with E-state index in [1.54, 1.807) is 12.1 Å². The molecule has 17 heavy (non-hydrogen) atoms. The van der Waals surface area contributed by atoms with E-state index in [0.717, 1.165) is 25.5 Å². The first-order chi connectivity index (χ1) is 8.00.